The fraction of sp³-hybridized carbons (Fsp3) is 0.333. The number of halogens is 1. The maximum Gasteiger partial charge on any atom is 0.138 e. The van der Waals surface area contributed by atoms with Crippen molar-refractivity contribution in [1.82, 2.24) is 15.3 Å². The van der Waals surface area contributed by atoms with Gasteiger partial charge >= 0.3 is 0 Å². The molecule has 0 unspecified atom stereocenters. The summed E-state index contributed by atoms with van der Waals surface area (Å²) in [5, 5.41) is 4.25. The lowest BCUT2D eigenvalue weighted by molar-refractivity contribution is 0.670. The molecule has 0 saturated heterocycles. The van der Waals surface area contributed by atoms with E-state index in [1.165, 1.54) is 12.8 Å². The van der Waals surface area contributed by atoms with Crippen molar-refractivity contribution < 1.29 is 0 Å². The highest BCUT2D eigenvalue weighted by Gasteiger charge is 2.20. The van der Waals surface area contributed by atoms with E-state index >= 15 is 0 Å². The molecule has 0 amide bonds. The third kappa shape index (κ3) is 3.95. The first kappa shape index (κ1) is 13.9. The Morgan fingerprint density at radius 3 is 2.90 bits per heavy atom. The molecule has 1 heterocycles. The topological polar surface area (TPSA) is 37.8 Å². The molecular weight excluding hydrogens is 290 g/mol. The molecule has 1 aliphatic carbocycles. The summed E-state index contributed by atoms with van der Waals surface area (Å²) in [6, 6.07) is 10.5. The second kappa shape index (κ2) is 6.57. The molecule has 1 aromatic carbocycles. The van der Waals surface area contributed by atoms with Crippen LogP contribution in [0.15, 0.2) is 41.4 Å². The van der Waals surface area contributed by atoms with Gasteiger partial charge < -0.3 is 5.32 Å². The Morgan fingerprint density at radius 2 is 2.10 bits per heavy atom. The van der Waals surface area contributed by atoms with Crippen LogP contribution in [0.1, 0.15) is 24.4 Å². The van der Waals surface area contributed by atoms with Crippen LogP contribution in [0.2, 0.25) is 5.02 Å². The van der Waals surface area contributed by atoms with E-state index in [2.05, 4.69) is 15.3 Å². The van der Waals surface area contributed by atoms with Gasteiger partial charge in [-0.2, -0.15) is 0 Å². The first-order valence-corrected chi connectivity index (χ1v) is 8.09. The van der Waals surface area contributed by atoms with Gasteiger partial charge in [-0.1, -0.05) is 23.7 Å². The quantitative estimate of drug-likeness (QED) is 0.826. The molecule has 104 valence electrons. The van der Waals surface area contributed by atoms with Gasteiger partial charge in [0.15, 0.2) is 0 Å². The molecule has 1 N–H and O–H groups in total. The Kier molecular flexibility index (Phi) is 4.55. The standard InChI is InChI=1S/C15H16ClN3S/c16-13-3-1-2-4-14(13)20-10-15-17-8-7-12(19-15)9-18-11-5-6-11/h1-4,7-8,11,18H,5-6,9-10H2. The van der Waals surface area contributed by atoms with E-state index in [0.29, 0.717) is 6.04 Å². The van der Waals surface area contributed by atoms with Gasteiger partial charge in [0.25, 0.3) is 0 Å². The van der Waals surface area contributed by atoms with E-state index in [1.807, 2.05) is 36.5 Å². The highest BCUT2D eigenvalue weighted by atomic mass is 35.5. The van der Waals surface area contributed by atoms with E-state index in [9.17, 15) is 0 Å². The van der Waals surface area contributed by atoms with Gasteiger partial charge in [0.05, 0.1) is 16.5 Å². The van der Waals surface area contributed by atoms with Crippen LogP contribution in [0.3, 0.4) is 0 Å². The molecule has 20 heavy (non-hydrogen) atoms. The molecule has 5 heteroatoms. The van der Waals surface area contributed by atoms with E-state index in [0.717, 1.165) is 33.7 Å². The minimum atomic E-state index is 0.700. The molecule has 2 aromatic rings. The molecule has 0 atom stereocenters. The van der Waals surface area contributed by atoms with Crippen LogP contribution in [0.25, 0.3) is 0 Å². The Hall–Kier alpha value is -1.10. The molecule has 0 radical (unpaired) electrons. The van der Waals surface area contributed by atoms with Crippen LogP contribution in [0.5, 0.6) is 0 Å². The zero-order valence-corrected chi connectivity index (χ0v) is 12.6. The van der Waals surface area contributed by atoms with Crippen molar-refractivity contribution in [3.05, 3.63) is 53.1 Å². The Balaban J connectivity index is 1.59. The van der Waals surface area contributed by atoms with Gasteiger partial charge in [0.1, 0.15) is 5.82 Å². The van der Waals surface area contributed by atoms with Gasteiger partial charge in [0.2, 0.25) is 0 Å². The number of aromatic nitrogens is 2. The predicted octanol–water partition coefficient (Wildman–Crippen LogP) is 3.67. The van der Waals surface area contributed by atoms with Crippen molar-refractivity contribution >= 4 is 23.4 Å². The Morgan fingerprint density at radius 1 is 1.25 bits per heavy atom. The second-order valence-electron chi connectivity index (χ2n) is 4.84. The summed E-state index contributed by atoms with van der Waals surface area (Å²) in [6.07, 6.45) is 4.42. The summed E-state index contributed by atoms with van der Waals surface area (Å²) in [5.41, 5.74) is 1.06. The van der Waals surface area contributed by atoms with Gasteiger partial charge in [-0.25, -0.2) is 9.97 Å². The molecule has 1 saturated carbocycles. The van der Waals surface area contributed by atoms with Crippen LogP contribution in [-0.2, 0) is 12.3 Å². The minimum Gasteiger partial charge on any atom is -0.308 e. The summed E-state index contributed by atoms with van der Waals surface area (Å²) < 4.78 is 0. The largest absolute Gasteiger partial charge is 0.308 e. The molecule has 1 aromatic heterocycles. The van der Waals surface area contributed by atoms with Gasteiger partial charge in [-0.3, -0.25) is 0 Å². The molecule has 0 bridgehead atoms. The Bertz CT molecular complexity index is 587. The van der Waals surface area contributed by atoms with Crippen molar-refractivity contribution in [2.75, 3.05) is 0 Å². The summed E-state index contributed by atoms with van der Waals surface area (Å²) in [5.74, 6) is 1.59. The van der Waals surface area contributed by atoms with Crippen molar-refractivity contribution in [3.63, 3.8) is 0 Å². The number of hydrogen-bond donors (Lipinski definition) is 1. The number of nitrogens with one attached hydrogen (secondary N) is 1. The molecular formula is C15H16ClN3S. The minimum absolute atomic E-state index is 0.700. The fourth-order valence-corrected chi connectivity index (χ4v) is 2.95. The number of thioether (sulfide) groups is 1. The molecule has 1 fully saturated rings. The average molecular weight is 306 g/mol. The van der Waals surface area contributed by atoms with Crippen LogP contribution in [0.4, 0.5) is 0 Å². The Labute approximate surface area is 128 Å². The van der Waals surface area contributed by atoms with Gasteiger partial charge in [-0.05, 0) is 31.0 Å². The zero-order valence-electron chi connectivity index (χ0n) is 11.1. The monoisotopic (exact) mass is 305 g/mol. The lowest BCUT2D eigenvalue weighted by Gasteiger charge is -2.05. The lowest BCUT2D eigenvalue weighted by Crippen LogP contribution is -2.16. The zero-order chi connectivity index (χ0) is 13.8. The van der Waals surface area contributed by atoms with E-state index in [4.69, 9.17) is 11.6 Å². The van der Waals surface area contributed by atoms with Crippen molar-refractivity contribution in [2.45, 2.75) is 36.1 Å². The van der Waals surface area contributed by atoms with Crippen molar-refractivity contribution in [2.24, 2.45) is 0 Å². The average Bonchev–Trinajstić information content (AvgIpc) is 3.29. The molecule has 0 spiro atoms. The van der Waals surface area contributed by atoms with Crippen LogP contribution in [-0.4, -0.2) is 16.0 Å². The summed E-state index contributed by atoms with van der Waals surface area (Å²) >= 11 is 7.81. The number of nitrogens with zero attached hydrogens (tertiary/aromatic N) is 2. The maximum absolute atomic E-state index is 6.14. The normalized spacial score (nSPS) is 14.4. The number of rotatable bonds is 6. The predicted molar refractivity (Wildman–Crippen MR) is 82.9 cm³/mol. The summed E-state index contributed by atoms with van der Waals surface area (Å²) in [6.45, 7) is 0.830. The van der Waals surface area contributed by atoms with Crippen molar-refractivity contribution in [3.8, 4) is 0 Å². The molecule has 3 nitrogen and oxygen atoms in total. The molecule has 0 aliphatic heterocycles. The van der Waals surface area contributed by atoms with Crippen LogP contribution >= 0.6 is 23.4 Å². The molecule has 1 aliphatic rings. The van der Waals surface area contributed by atoms with Crippen molar-refractivity contribution in [1.29, 1.82) is 0 Å². The summed E-state index contributed by atoms with van der Waals surface area (Å²) in [7, 11) is 0. The summed E-state index contributed by atoms with van der Waals surface area (Å²) in [4.78, 5) is 9.97. The first-order valence-electron chi connectivity index (χ1n) is 6.73. The number of benzene rings is 1. The smallest absolute Gasteiger partial charge is 0.138 e. The first-order chi connectivity index (χ1) is 9.81. The lowest BCUT2D eigenvalue weighted by atomic mass is 10.4. The van der Waals surface area contributed by atoms with Crippen LogP contribution in [0, 0.1) is 0 Å². The van der Waals surface area contributed by atoms with E-state index in [1.54, 1.807) is 11.8 Å². The number of hydrogen-bond acceptors (Lipinski definition) is 4. The van der Waals surface area contributed by atoms with Gasteiger partial charge in [0, 0.05) is 23.7 Å². The fourth-order valence-electron chi connectivity index (χ4n) is 1.85. The van der Waals surface area contributed by atoms with Crippen LogP contribution < -0.4 is 5.32 Å². The highest BCUT2D eigenvalue weighted by molar-refractivity contribution is 7.98. The SMILES string of the molecule is Clc1ccccc1SCc1nccc(CNC2CC2)n1. The molecule has 3 rings (SSSR count). The second-order valence-corrected chi connectivity index (χ2v) is 6.26. The maximum atomic E-state index is 6.14. The third-order valence-electron chi connectivity index (χ3n) is 3.11. The third-order valence-corrected chi connectivity index (χ3v) is 4.62. The van der Waals surface area contributed by atoms with E-state index < -0.39 is 0 Å². The van der Waals surface area contributed by atoms with E-state index in [-0.39, 0.29) is 0 Å². The highest BCUT2D eigenvalue weighted by Crippen LogP contribution is 2.28. The van der Waals surface area contributed by atoms with Gasteiger partial charge in [-0.15, -0.1) is 11.8 Å².